The average molecular weight is 271 g/mol. The van der Waals surface area contributed by atoms with Crippen LogP contribution in [0.15, 0.2) is 48.5 Å². The Morgan fingerprint density at radius 3 is 2.58 bits per heavy atom. The van der Waals surface area contributed by atoms with Crippen molar-refractivity contribution in [3.63, 3.8) is 0 Å². The van der Waals surface area contributed by atoms with Gasteiger partial charge in [0.15, 0.2) is 5.78 Å². The maximum Gasteiger partial charge on any atom is 0.169 e. The van der Waals surface area contributed by atoms with Crippen LogP contribution in [0.4, 0.5) is 4.39 Å². The highest BCUT2D eigenvalue weighted by Crippen LogP contribution is 2.22. The summed E-state index contributed by atoms with van der Waals surface area (Å²) in [6, 6.07) is 13.4. The highest BCUT2D eigenvalue weighted by Gasteiger charge is 2.10. The number of thiazole rings is 1. The summed E-state index contributed by atoms with van der Waals surface area (Å²) in [4.78, 5) is 16.5. The highest BCUT2D eigenvalue weighted by atomic mass is 32.1. The first-order chi connectivity index (χ1) is 9.22. The van der Waals surface area contributed by atoms with E-state index in [0.29, 0.717) is 5.56 Å². The molecule has 0 saturated carbocycles. The lowest BCUT2D eigenvalue weighted by Crippen LogP contribution is -2.03. The summed E-state index contributed by atoms with van der Waals surface area (Å²) in [6.45, 7) is 0. The zero-order chi connectivity index (χ0) is 13.2. The number of benzene rings is 2. The topological polar surface area (TPSA) is 30.0 Å². The minimum absolute atomic E-state index is 0.0425. The molecule has 0 N–H and O–H groups in total. The monoisotopic (exact) mass is 271 g/mol. The molecule has 3 rings (SSSR count). The molecule has 2 nitrogen and oxygen atoms in total. The van der Waals surface area contributed by atoms with Crippen LogP contribution >= 0.6 is 11.3 Å². The third-order valence-electron chi connectivity index (χ3n) is 2.82. The van der Waals surface area contributed by atoms with Crippen molar-refractivity contribution in [3.8, 4) is 0 Å². The quantitative estimate of drug-likeness (QED) is 0.677. The van der Waals surface area contributed by atoms with Gasteiger partial charge in [-0.1, -0.05) is 12.1 Å². The van der Waals surface area contributed by atoms with Gasteiger partial charge in [0.2, 0.25) is 0 Å². The van der Waals surface area contributed by atoms with Crippen LogP contribution in [0.25, 0.3) is 10.2 Å². The SMILES string of the molecule is O=C(Cc1nc2ccccc2s1)c1ccc(F)cc1. The largest absolute Gasteiger partial charge is 0.294 e. The maximum atomic E-state index is 12.8. The van der Waals surface area contributed by atoms with E-state index in [4.69, 9.17) is 0 Å². The van der Waals surface area contributed by atoms with Crippen molar-refractivity contribution in [2.45, 2.75) is 6.42 Å². The van der Waals surface area contributed by atoms with E-state index in [1.807, 2.05) is 24.3 Å². The van der Waals surface area contributed by atoms with Crippen LogP contribution in [-0.2, 0) is 6.42 Å². The standard InChI is InChI=1S/C15H10FNOS/c16-11-7-5-10(6-8-11)13(18)9-15-17-12-3-1-2-4-14(12)19-15/h1-8H,9H2. The van der Waals surface area contributed by atoms with E-state index < -0.39 is 0 Å². The fraction of sp³-hybridized carbons (Fsp3) is 0.0667. The number of rotatable bonds is 3. The maximum absolute atomic E-state index is 12.8. The van der Waals surface area contributed by atoms with E-state index in [9.17, 15) is 9.18 Å². The second-order valence-corrected chi connectivity index (χ2v) is 5.30. The first-order valence-corrected chi connectivity index (χ1v) is 6.67. The number of halogens is 1. The zero-order valence-corrected chi connectivity index (χ0v) is 10.8. The van der Waals surface area contributed by atoms with Gasteiger partial charge < -0.3 is 0 Å². The van der Waals surface area contributed by atoms with E-state index in [-0.39, 0.29) is 18.0 Å². The molecule has 0 unspecified atom stereocenters. The second kappa shape index (κ2) is 4.90. The Labute approximate surface area is 113 Å². The van der Waals surface area contributed by atoms with Gasteiger partial charge in [-0.3, -0.25) is 4.79 Å². The number of carbonyl (C=O) groups is 1. The third-order valence-corrected chi connectivity index (χ3v) is 3.85. The molecule has 0 aliphatic heterocycles. The fourth-order valence-corrected chi connectivity index (χ4v) is 2.84. The van der Waals surface area contributed by atoms with E-state index >= 15 is 0 Å². The summed E-state index contributed by atoms with van der Waals surface area (Å²) < 4.78 is 13.9. The number of aromatic nitrogens is 1. The van der Waals surface area contributed by atoms with E-state index in [1.165, 1.54) is 35.6 Å². The Balaban J connectivity index is 1.84. The lowest BCUT2D eigenvalue weighted by Gasteiger charge is -1.98. The van der Waals surface area contributed by atoms with Gasteiger partial charge >= 0.3 is 0 Å². The van der Waals surface area contributed by atoms with Crippen LogP contribution in [0.1, 0.15) is 15.4 Å². The Morgan fingerprint density at radius 2 is 1.84 bits per heavy atom. The molecule has 0 spiro atoms. The number of carbonyl (C=O) groups excluding carboxylic acids is 1. The molecule has 0 amide bonds. The normalized spacial score (nSPS) is 10.8. The van der Waals surface area contributed by atoms with Gasteiger partial charge in [0.05, 0.1) is 16.6 Å². The molecule has 1 aromatic heterocycles. The summed E-state index contributed by atoms with van der Waals surface area (Å²) in [6.07, 6.45) is 0.255. The first kappa shape index (κ1) is 12.0. The Hall–Kier alpha value is -2.07. The summed E-state index contributed by atoms with van der Waals surface area (Å²) in [7, 11) is 0. The molecule has 0 aliphatic rings. The number of hydrogen-bond donors (Lipinski definition) is 0. The van der Waals surface area contributed by atoms with Crippen LogP contribution in [0.5, 0.6) is 0 Å². The predicted molar refractivity (Wildman–Crippen MR) is 74.1 cm³/mol. The van der Waals surface area contributed by atoms with Gasteiger partial charge in [-0.2, -0.15) is 0 Å². The number of fused-ring (bicyclic) bond motifs is 1. The molecule has 3 aromatic rings. The Morgan fingerprint density at radius 1 is 1.11 bits per heavy atom. The van der Waals surface area contributed by atoms with Crippen molar-refractivity contribution in [2.75, 3.05) is 0 Å². The van der Waals surface area contributed by atoms with Crippen LogP contribution in [0.2, 0.25) is 0 Å². The summed E-state index contributed by atoms with van der Waals surface area (Å²) in [5, 5.41) is 0.788. The summed E-state index contributed by atoms with van der Waals surface area (Å²) >= 11 is 1.52. The van der Waals surface area contributed by atoms with Crippen molar-refractivity contribution >= 4 is 27.3 Å². The highest BCUT2D eigenvalue weighted by molar-refractivity contribution is 7.18. The molecule has 0 atom stereocenters. The number of para-hydroxylation sites is 1. The molecule has 0 bridgehead atoms. The van der Waals surface area contributed by atoms with Gasteiger partial charge in [-0.15, -0.1) is 11.3 Å². The number of ketones is 1. The van der Waals surface area contributed by atoms with E-state index in [1.54, 1.807) is 0 Å². The molecule has 0 radical (unpaired) electrons. The molecule has 2 aromatic carbocycles. The molecule has 0 aliphatic carbocycles. The average Bonchev–Trinajstić information content (AvgIpc) is 2.81. The molecular formula is C15H10FNOS. The first-order valence-electron chi connectivity index (χ1n) is 5.85. The van der Waals surface area contributed by atoms with Crippen LogP contribution in [0, 0.1) is 5.82 Å². The molecular weight excluding hydrogens is 261 g/mol. The van der Waals surface area contributed by atoms with Crippen molar-refractivity contribution < 1.29 is 9.18 Å². The van der Waals surface area contributed by atoms with Gasteiger partial charge in [-0.25, -0.2) is 9.37 Å². The minimum atomic E-state index is -0.337. The van der Waals surface area contributed by atoms with Crippen LogP contribution in [-0.4, -0.2) is 10.8 Å². The molecule has 0 fully saturated rings. The molecule has 94 valence electrons. The van der Waals surface area contributed by atoms with Crippen molar-refractivity contribution in [3.05, 3.63) is 64.9 Å². The number of Topliss-reactive ketones (excluding diaryl/α,β-unsaturated/α-hetero) is 1. The van der Waals surface area contributed by atoms with Gasteiger partial charge in [0, 0.05) is 5.56 Å². The lowest BCUT2D eigenvalue weighted by atomic mass is 10.1. The van der Waals surface area contributed by atoms with Gasteiger partial charge in [0.1, 0.15) is 10.8 Å². The fourth-order valence-electron chi connectivity index (χ4n) is 1.87. The minimum Gasteiger partial charge on any atom is -0.294 e. The summed E-state index contributed by atoms with van der Waals surface area (Å²) in [5.41, 5.74) is 1.43. The van der Waals surface area contributed by atoms with Crippen molar-refractivity contribution in [2.24, 2.45) is 0 Å². The van der Waals surface area contributed by atoms with Crippen LogP contribution in [0.3, 0.4) is 0 Å². The molecule has 4 heteroatoms. The second-order valence-electron chi connectivity index (χ2n) is 4.18. The molecule has 0 saturated heterocycles. The third kappa shape index (κ3) is 2.53. The van der Waals surface area contributed by atoms with Gasteiger partial charge in [-0.05, 0) is 36.4 Å². The van der Waals surface area contributed by atoms with Crippen molar-refractivity contribution in [1.29, 1.82) is 0 Å². The zero-order valence-electron chi connectivity index (χ0n) is 9.97. The Bertz CT molecular complexity index is 700. The lowest BCUT2D eigenvalue weighted by molar-refractivity contribution is 0.0993. The smallest absolute Gasteiger partial charge is 0.169 e. The predicted octanol–water partition coefficient (Wildman–Crippen LogP) is 3.86. The van der Waals surface area contributed by atoms with E-state index in [0.717, 1.165) is 15.2 Å². The summed E-state index contributed by atoms with van der Waals surface area (Å²) in [5.74, 6) is -0.379. The van der Waals surface area contributed by atoms with Gasteiger partial charge in [0.25, 0.3) is 0 Å². The van der Waals surface area contributed by atoms with Crippen LogP contribution < -0.4 is 0 Å². The number of hydrogen-bond acceptors (Lipinski definition) is 3. The number of nitrogens with zero attached hydrogens (tertiary/aromatic N) is 1. The van der Waals surface area contributed by atoms with Crippen molar-refractivity contribution in [1.82, 2.24) is 4.98 Å². The molecule has 1 heterocycles. The molecule has 19 heavy (non-hydrogen) atoms. The van der Waals surface area contributed by atoms with E-state index in [2.05, 4.69) is 4.98 Å². The Kier molecular flexibility index (Phi) is 3.09.